The predicted molar refractivity (Wildman–Crippen MR) is 63.0 cm³/mol. The van der Waals surface area contributed by atoms with Gasteiger partial charge in [0.2, 0.25) is 0 Å². The summed E-state index contributed by atoms with van der Waals surface area (Å²) in [6.07, 6.45) is 1.69. The van der Waals surface area contributed by atoms with Crippen molar-refractivity contribution in [1.29, 1.82) is 0 Å². The third-order valence-corrected chi connectivity index (χ3v) is 2.84. The maximum atomic E-state index is 11.2. The number of rotatable bonds is 2. The Morgan fingerprint density at radius 1 is 1.27 bits per heavy atom. The highest BCUT2D eigenvalue weighted by atomic mass is 32.2. The number of hydrogen-bond acceptors (Lipinski definition) is 3. The molecule has 1 aromatic rings. The minimum Gasteiger partial charge on any atom is -0.361 e. The molecule has 0 atom stereocenters. The Hall–Kier alpha value is -1.10. The summed E-state index contributed by atoms with van der Waals surface area (Å²) in [5.74, 6) is 0. The van der Waals surface area contributed by atoms with Crippen molar-refractivity contribution in [2.75, 3.05) is 6.26 Å². The molecule has 15 heavy (non-hydrogen) atoms. The van der Waals surface area contributed by atoms with E-state index in [-0.39, 0.29) is 4.90 Å². The van der Waals surface area contributed by atoms with Gasteiger partial charge in [-0.25, -0.2) is 8.42 Å². The van der Waals surface area contributed by atoms with E-state index in [1.54, 1.807) is 18.4 Å². The van der Waals surface area contributed by atoms with Crippen LogP contribution in [0.25, 0.3) is 5.53 Å². The van der Waals surface area contributed by atoms with Crippen LogP contribution in [0.1, 0.15) is 5.56 Å². The standard InChI is InChI=1S/C8H8N2O2S.CH4S/c1-7-2-4-8(5-3-7)13(11,12)6-10-9;1-2/h2-6H,1H3;2H,1H3. The molecule has 0 saturated carbocycles. The van der Waals surface area contributed by atoms with Gasteiger partial charge in [0.15, 0.2) is 0 Å². The molecule has 0 amide bonds. The fourth-order valence-corrected chi connectivity index (χ4v) is 1.61. The Labute approximate surface area is 94.9 Å². The highest BCUT2D eigenvalue weighted by Gasteiger charge is 2.14. The molecule has 6 heteroatoms. The zero-order valence-electron chi connectivity index (χ0n) is 8.45. The van der Waals surface area contributed by atoms with Crippen molar-refractivity contribution in [2.45, 2.75) is 11.8 Å². The van der Waals surface area contributed by atoms with Gasteiger partial charge >= 0.3 is 5.55 Å². The van der Waals surface area contributed by atoms with E-state index in [0.29, 0.717) is 5.55 Å². The van der Waals surface area contributed by atoms with E-state index in [4.69, 9.17) is 5.53 Å². The van der Waals surface area contributed by atoms with Crippen molar-refractivity contribution in [1.82, 2.24) is 0 Å². The molecule has 0 unspecified atom stereocenters. The average molecular weight is 244 g/mol. The lowest BCUT2D eigenvalue weighted by molar-refractivity contribution is 0.00754. The molecular formula is C9H12N2O2S2. The SMILES string of the molecule is CS.Cc1ccc(S(=O)(=O)C=[N+]=[N-])cc1. The maximum absolute atomic E-state index is 11.2. The number of aryl methyl sites for hydroxylation is 1. The number of sulfone groups is 1. The lowest BCUT2D eigenvalue weighted by Gasteiger charge is -1.94. The van der Waals surface area contributed by atoms with E-state index in [0.717, 1.165) is 5.56 Å². The molecule has 1 rings (SSSR count). The second-order valence-corrected chi connectivity index (χ2v) is 4.35. The number of nitrogens with zero attached hydrogens (tertiary/aromatic N) is 2. The van der Waals surface area contributed by atoms with Gasteiger partial charge in [-0.3, -0.25) is 0 Å². The fourth-order valence-electron chi connectivity index (χ4n) is 0.851. The molecule has 82 valence electrons. The van der Waals surface area contributed by atoms with Crippen molar-refractivity contribution in [2.24, 2.45) is 0 Å². The van der Waals surface area contributed by atoms with E-state index in [1.807, 2.05) is 6.92 Å². The minimum atomic E-state index is -3.57. The number of thiol groups is 1. The molecular weight excluding hydrogens is 232 g/mol. The second kappa shape index (κ2) is 6.40. The smallest absolute Gasteiger partial charge is 0.361 e. The lowest BCUT2D eigenvalue weighted by Crippen LogP contribution is -2.02. The summed E-state index contributed by atoms with van der Waals surface area (Å²) in [6, 6.07) is 6.29. The van der Waals surface area contributed by atoms with Crippen LogP contribution in [0.15, 0.2) is 29.2 Å². The summed E-state index contributed by atoms with van der Waals surface area (Å²) in [7, 11) is -3.57. The summed E-state index contributed by atoms with van der Waals surface area (Å²) < 4.78 is 22.5. The molecule has 0 radical (unpaired) electrons. The Balaban J connectivity index is 0.000000921. The third-order valence-electron chi connectivity index (χ3n) is 1.54. The summed E-state index contributed by atoms with van der Waals surface area (Å²) in [5, 5.41) is 0. The van der Waals surface area contributed by atoms with Crippen LogP contribution >= 0.6 is 12.6 Å². The molecule has 0 aromatic heterocycles. The topological polar surface area (TPSA) is 70.5 Å². The van der Waals surface area contributed by atoms with Gasteiger partial charge in [0.25, 0.3) is 9.84 Å². The third kappa shape index (κ3) is 4.29. The molecule has 4 nitrogen and oxygen atoms in total. The van der Waals surface area contributed by atoms with Crippen molar-refractivity contribution in [3.8, 4) is 0 Å². The molecule has 0 fully saturated rings. The molecule has 0 saturated heterocycles. The largest absolute Gasteiger partial charge is 0.374 e. The zero-order valence-corrected chi connectivity index (χ0v) is 10.2. The molecule has 0 bridgehead atoms. The van der Waals surface area contributed by atoms with Gasteiger partial charge in [-0.2, -0.15) is 17.4 Å². The Kier molecular flexibility index (Phi) is 5.93. The van der Waals surface area contributed by atoms with Gasteiger partial charge in [0.1, 0.15) is 0 Å². The van der Waals surface area contributed by atoms with Crippen molar-refractivity contribution < 1.29 is 13.2 Å². The highest BCUT2D eigenvalue weighted by Crippen LogP contribution is 2.09. The van der Waals surface area contributed by atoms with Gasteiger partial charge < -0.3 is 5.53 Å². The summed E-state index contributed by atoms with van der Waals surface area (Å²) in [5.41, 5.74) is 9.59. The van der Waals surface area contributed by atoms with Gasteiger partial charge in [-0.1, -0.05) is 17.7 Å². The van der Waals surface area contributed by atoms with Crippen LogP contribution in [0.4, 0.5) is 0 Å². The van der Waals surface area contributed by atoms with Gasteiger partial charge in [0.05, 0.1) is 4.90 Å². The van der Waals surface area contributed by atoms with E-state index in [1.165, 1.54) is 12.1 Å². The van der Waals surface area contributed by atoms with Crippen LogP contribution < -0.4 is 0 Å². The summed E-state index contributed by atoms with van der Waals surface area (Å²) >= 11 is 3.53. The van der Waals surface area contributed by atoms with E-state index >= 15 is 0 Å². The Morgan fingerprint density at radius 3 is 2.13 bits per heavy atom. The Morgan fingerprint density at radius 2 is 1.73 bits per heavy atom. The van der Waals surface area contributed by atoms with Crippen LogP contribution in [0.5, 0.6) is 0 Å². The van der Waals surface area contributed by atoms with E-state index < -0.39 is 9.84 Å². The molecule has 0 aliphatic rings. The lowest BCUT2D eigenvalue weighted by atomic mass is 10.2. The minimum absolute atomic E-state index is 0.121. The fraction of sp³-hybridized carbons (Fsp3) is 0.222. The Bertz CT molecular complexity index is 446. The molecule has 0 aliphatic carbocycles. The zero-order chi connectivity index (χ0) is 11.9. The van der Waals surface area contributed by atoms with Gasteiger partial charge in [0, 0.05) is 0 Å². The van der Waals surface area contributed by atoms with Crippen LogP contribution in [-0.2, 0) is 9.84 Å². The van der Waals surface area contributed by atoms with Gasteiger partial charge in [-0.05, 0) is 25.3 Å². The predicted octanol–water partition coefficient (Wildman–Crippen LogP) is 1.57. The normalized spacial score (nSPS) is 9.53. The van der Waals surface area contributed by atoms with Crippen LogP contribution in [0.3, 0.4) is 0 Å². The maximum Gasteiger partial charge on any atom is 0.374 e. The number of benzene rings is 1. The molecule has 0 spiro atoms. The van der Waals surface area contributed by atoms with Crippen LogP contribution in [-0.4, -0.2) is 25.0 Å². The molecule has 0 N–H and O–H groups in total. The first-order valence-electron chi connectivity index (χ1n) is 4.00. The summed E-state index contributed by atoms with van der Waals surface area (Å²) in [6.45, 7) is 1.86. The van der Waals surface area contributed by atoms with Crippen molar-refractivity contribution in [3.63, 3.8) is 0 Å². The number of hydrogen-bond donors (Lipinski definition) is 1. The molecule has 0 aliphatic heterocycles. The first-order chi connectivity index (χ1) is 7.06. The van der Waals surface area contributed by atoms with E-state index in [2.05, 4.69) is 17.4 Å². The monoisotopic (exact) mass is 244 g/mol. The first kappa shape index (κ1) is 13.9. The highest BCUT2D eigenvalue weighted by molar-refractivity contribution is 8.04. The molecule has 0 heterocycles. The van der Waals surface area contributed by atoms with Crippen LogP contribution in [0, 0.1) is 6.92 Å². The summed E-state index contributed by atoms with van der Waals surface area (Å²) in [4.78, 5) is 2.61. The first-order valence-corrected chi connectivity index (χ1v) is 6.44. The quantitative estimate of drug-likeness (QED) is 0.282. The van der Waals surface area contributed by atoms with E-state index in [9.17, 15) is 8.42 Å². The van der Waals surface area contributed by atoms with Crippen LogP contribution in [0.2, 0.25) is 0 Å². The molecule has 1 aromatic carbocycles. The van der Waals surface area contributed by atoms with Gasteiger partial charge in [-0.15, -0.1) is 0 Å². The van der Waals surface area contributed by atoms with Crippen molar-refractivity contribution >= 4 is 28.0 Å². The van der Waals surface area contributed by atoms with Crippen molar-refractivity contribution in [3.05, 3.63) is 35.4 Å². The average Bonchev–Trinajstić information content (AvgIpc) is 2.21. The second-order valence-electron chi connectivity index (χ2n) is 2.58.